The molecule has 1 aliphatic heterocycles. The van der Waals surface area contributed by atoms with Crippen LogP contribution in [-0.4, -0.2) is 13.4 Å². The molecule has 2 aromatic rings. The quantitative estimate of drug-likeness (QED) is 0.738. The fourth-order valence-corrected chi connectivity index (χ4v) is 2.12. The summed E-state index contributed by atoms with van der Waals surface area (Å²) in [5, 5.41) is 1.97. The number of aldehydes is 1. The third-order valence-corrected chi connectivity index (χ3v) is 2.86. The highest BCUT2D eigenvalue weighted by atomic mass is 16.5. The molecule has 2 aromatic carbocycles. The molecule has 0 saturated carbocycles. The van der Waals surface area contributed by atoms with Gasteiger partial charge in [-0.2, -0.15) is 0 Å². The molecule has 0 amide bonds. The standard InChI is InChI=1S/C14H10O3/c1-16-12-6-5-9-7-10(8-15)17-13-4-2-3-11(12)14(9)13/h2-8H,1H3. The van der Waals surface area contributed by atoms with Crippen molar-refractivity contribution in [1.82, 2.24) is 0 Å². The summed E-state index contributed by atoms with van der Waals surface area (Å²) in [5.74, 6) is 1.83. The lowest BCUT2D eigenvalue weighted by Gasteiger charge is -2.17. The zero-order valence-electron chi connectivity index (χ0n) is 9.27. The normalized spacial score (nSPS) is 12.9. The summed E-state index contributed by atoms with van der Waals surface area (Å²) in [5.41, 5.74) is 0.977. The number of benzene rings is 2. The summed E-state index contributed by atoms with van der Waals surface area (Å²) < 4.78 is 10.8. The maximum Gasteiger partial charge on any atom is 0.185 e. The minimum absolute atomic E-state index is 0.329. The van der Waals surface area contributed by atoms with Crippen molar-refractivity contribution in [2.45, 2.75) is 0 Å². The van der Waals surface area contributed by atoms with E-state index in [9.17, 15) is 4.79 Å². The molecule has 0 saturated heterocycles. The first kappa shape index (κ1) is 9.90. The van der Waals surface area contributed by atoms with E-state index in [2.05, 4.69) is 0 Å². The Morgan fingerprint density at radius 3 is 2.88 bits per heavy atom. The van der Waals surface area contributed by atoms with Crippen LogP contribution >= 0.6 is 0 Å². The highest BCUT2D eigenvalue weighted by Gasteiger charge is 2.16. The van der Waals surface area contributed by atoms with Crippen molar-refractivity contribution >= 4 is 23.1 Å². The van der Waals surface area contributed by atoms with E-state index in [1.165, 1.54) is 0 Å². The molecule has 0 bridgehead atoms. The van der Waals surface area contributed by atoms with Gasteiger partial charge >= 0.3 is 0 Å². The molecule has 1 heterocycles. The summed E-state index contributed by atoms with van der Waals surface area (Å²) in [6.07, 6.45) is 2.45. The molecule has 84 valence electrons. The Balaban J connectivity index is 2.40. The van der Waals surface area contributed by atoms with Gasteiger partial charge < -0.3 is 9.47 Å². The molecule has 3 nitrogen and oxygen atoms in total. The lowest BCUT2D eigenvalue weighted by molar-refractivity contribution is -0.106. The molecule has 0 fully saturated rings. The number of hydrogen-bond acceptors (Lipinski definition) is 3. The van der Waals surface area contributed by atoms with E-state index in [1.807, 2.05) is 30.3 Å². The molecule has 0 N–H and O–H groups in total. The number of carbonyl (C=O) groups excluding carboxylic acids is 1. The second-order valence-electron chi connectivity index (χ2n) is 3.80. The maximum atomic E-state index is 10.8. The molecule has 0 radical (unpaired) electrons. The molecule has 0 aromatic heterocycles. The van der Waals surface area contributed by atoms with Crippen molar-refractivity contribution in [3.63, 3.8) is 0 Å². The SMILES string of the molecule is COc1ccc2c3c(cccc13)OC(C=O)=C2. The van der Waals surface area contributed by atoms with Gasteiger partial charge in [-0.05, 0) is 23.8 Å². The van der Waals surface area contributed by atoms with Crippen LogP contribution in [0.25, 0.3) is 16.8 Å². The lowest BCUT2D eigenvalue weighted by atomic mass is 10.0. The van der Waals surface area contributed by atoms with Gasteiger partial charge in [0.05, 0.1) is 7.11 Å². The predicted octanol–water partition coefficient (Wildman–Crippen LogP) is 2.78. The molecule has 0 atom stereocenters. The first-order valence-corrected chi connectivity index (χ1v) is 5.28. The first-order chi connectivity index (χ1) is 8.33. The number of hydrogen-bond donors (Lipinski definition) is 0. The maximum absolute atomic E-state index is 10.8. The topological polar surface area (TPSA) is 35.5 Å². The zero-order valence-corrected chi connectivity index (χ0v) is 9.27. The summed E-state index contributed by atoms with van der Waals surface area (Å²) >= 11 is 0. The largest absolute Gasteiger partial charge is 0.496 e. The van der Waals surface area contributed by atoms with Crippen LogP contribution in [0.1, 0.15) is 5.56 Å². The van der Waals surface area contributed by atoms with Crippen LogP contribution in [0, 0.1) is 0 Å². The Morgan fingerprint density at radius 2 is 2.12 bits per heavy atom. The molecule has 0 aliphatic carbocycles. The van der Waals surface area contributed by atoms with E-state index in [0.717, 1.165) is 22.1 Å². The zero-order chi connectivity index (χ0) is 11.8. The number of carbonyl (C=O) groups is 1. The van der Waals surface area contributed by atoms with Crippen molar-refractivity contribution < 1.29 is 14.3 Å². The van der Waals surface area contributed by atoms with Gasteiger partial charge in [0.2, 0.25) is 0 Å². The van der Waals surface area contributed by atoms with Crippen LogP contribution in [0.3, 0.4) is 0 Å². The van der Waals surface area contributed by atoms with Crippen molar-refractivity contribution in [2.24, 2.45) is 0 Å². The van der Waals surface area contributed by atoms with E-state index in [-0.39, 0.29) is 0 Å². The Hall–Kier alpha value is -2.29. The van der Waals surface area contributed by atoms with Crippen molar-refractivity contribution in [1.29, 1.82) is 0 Å². The van der Waals surface area contributed by atoms with Gasteiger partial charge in [-0.3, -0.25) is 4.79 Å². The minimum Gasteiger partial charge on any atom is -0.496 e. The van der Waals surface area contributed by atoms with Crippen LogP contribution in [0.2, 0.25) is 0 Å². The van der Waals surface area contributed by atoms with Crippen LogP contribution in [0.15, 0.2) is 36.1 Å². The highest BCUT2D eigenvalue weighted by molar-refractivity contribution is 6.02. The average molecular weight is 226 g/mol. The lowest BCUT2D eigenvalue weighted by Crippen LogP contribution is -2.02. The second-order valence-corrected chi connectivity index (χ2v) is 3.80. The average Bonchev–Trinajstić information content (AvgIpc) is 2.39. The van der Waals surface area contributed by atoms with Gasteiger partial charge in [0, 0.05) is 10.8 Å². The van der Waals surface area contributed by atoms with Gasteiger partial charge in [0.1, 0.15) is 11.5 Å². The third kappa shape index (κ3) is 1.40. The van der Waals surface area contributed by atoms with Crippen LogP contribution in [0.5, 0.6) is 11.5 Å². The van der Waals surface area contributed by atoms with Crippen molar-refractivity contribution in [3.05, 3.63) is 41.7 Å². The molecule has 3 rings (SSSR count). The smallest absolute Gasteiger partial charge is 0.185 e. The Bertz CT molecular complexity index is 641. The van der Waals surface area contributed by atoms with E-state index in [0.29, 0.717) is 17.8 Å². The minimum atomic E-state index is 0.329. The fourth-order valence-electron chi connectivity index (χ4n) is 2.12. The third-order valence-electron chi connectivity index (χ3n) is 2.86. The van der Waals surface area contributed by atoms with Crippen LogP contribution in [0.4, 0.5) is 0 Å². The summed E-state index contributed by atoms with van der Waals surface area (Å²) in [6, 6.07) is 9.53. The summed E-state index contributed by atoms with van der Waals surface area (Å²) in [7, 11) is 1.64. The summed E-state index contributed by atoms with van der Waals surface area (Å²) in [6.45, 7) is 0. The number of rotatable bonds is 2. The van der Waals surface area contributed by atoms with Crippen molar-refractivity contribution in [3.8, 4) is 11.5 Å². The molecule has 3 heteroatoms. The van der Waals surface area contributed by atoms with E-state index >= 15 is 0 Å². The Morgan fingerprint density at radius 1 is 1.24 bits per heavy atom. The van der Waals surface area contributed by atoms with E-state index in [1.54, 1.807) is 13.2 Å². The van der Waals surface area contributed by atoms with Crippen LogP contribution in [-0.2, 0) is 4.79 Å². The predicted molar refractivity (Wildman–Crippen MR) is 65.2 cm³/mol. The van der Waals surface area contributed by atoms with Gasteiger partial charge in [-0.25, -0.2) is 0 Å². The van der Waals surface area contributed by atoms with Gasteiger partial charge in [-0.1, -0.05) is 18.2 Å². The second kappa shape index (κ2) is 3.63. The van der Waals surface area contributed by atoms with Gasteiger partial charge in [0.15, 0.2) is 12.0 Å². The number of ether oxygens (including phenoxy) is 2. The molecule has 0 unspecified atom stereocenters. The first-order valence-electron chi connectivity index (χ1n) is 5.28. The Labute approximate surface area is 98.3 Å². The molecule has 1 aliphatic rings. The summed E-state index contributed by atoms with van der Waals surface area (Å²) in [4.78, 5) is 10.8. The highest BCUT2D eigenvalue weighted by Crippen LogP contribution is 2.38. The molecular weight excluding hydrogens is 216 g/mol. The monoisotopic (exact) mass is 226 g/mol. The van der Waals surface area contributed by atoms with E-state index in [4.69, 9.17) is 9.47 Å². The number of methoxy groups -OCH3 is 1. The number of allylic oxidation sites excluding steroid dienone is 1. The van der Waals surface area contributed by atoms with Crippen LogP contribution < -0.4 is 9.47 Å². The van der Waals surface area contributed by atoms with Gasteiger partial charge in [-0.15, -0.1) is 0 Å². The Kier molecular flexibility index (Phi) is 2.11. The molecule has 17 heavy (non-hydrogen) atoms. The fraction of sp³-hybridized carbons (Fsp3) is 0.0714. The van der Waals surface area contributed by atoms with Crippen molar-refractivity contribution in [2.75, 3.05) is 7.11 Å². The van der Waals surface area contributed by atoms with Gasteiger partial charge in [0.25, 0.3) is 0 Å². The molecule has 0 spiro atoms. The van der Waals surface area contributed by atoms with E-state index < -0.39 is 0 Å². The molecular formula is C14H10O3.